The number of methoxy groups -OCH3 is 1. The zero-order chi connectivity index (χ0) is 17.4. The minimum Gasteiger partial charge on any atom is -0.384 e. The summed E-state index contributed by atoms with van der Waals surface area (Å²) >= 11 is 5.76. The van der Waals surface area contributed by atoms with E-state index < -0.39 is 15.8 Å². The van der Waals surface area contributed by atoms with E-state index in [1.807, 2.05) is 0 Å². The van der Waals surface area contributed by atoms with Gasteiger partial charge >= 0.3 is 0 Å². The predicted octanol–water partition coefficient (Wildman–Crippen LogP) is 2.12. The molecule has 0 bridgehead atoms. The number of benzene rings is 1. The van der Waals surface area contributed by atoms with Crippen LogP contribution in [-0.2, 0) is 14.8 Å². The molecule has 3 rings (SSSR count). The minimum atomic E-state index is -3.70. The van der Waals surface area contributed by atoms with Crippen LogP contribution in [0.25, 0.3) is 0 Å². The Morgan fingerprint density at radius 3 is 2.75 bits per heavy atom. The molecule has 0 aromatic heterocycles. The van der Waals surface area contributed by atoms with Crippen LogP contribution in [-0.4, -0.2) is 52.6 Å². The number of halogens is 2. The fourth-order valence-corrected chi connectivity index (χ4v) is 5.73. The molecule has 1 atom stereocenters. The van der Waals surface area contributed by atoms with Crippen molar-refractivity contribution in [1.29, 1.82) is 0 Å². The topological polar surface area (TPSA) is 58.6 Å². The molecule has 2 saturated heterocycles. The Labute approximate surface area is 147 Å². The molecule has 1 aromatic rings. The molecule has 1 aromatic carbocycles. The summed E-state index contributed by atoms with van der Waals surface area (Å²) in [6.45, 7) is 3.20. The Hall–Kier alpha value is -0.730. The molecule has 1 unspecified atom stereocenters. The molecular formula is C16H22ClFN2O3S. The lowest BCUT2D eigenvalue weighted by molar-refractivity contribution is 0.0718. The zero-order valence-corrected chi connectivity index (χ0v) is 15.2. The van der Waals surface area contributed by atoms with E-state index >= 15 is 0 Å². The van der Waals surface area contributed by atoms with Crippen LogP contribution in [0.2, 0.25) is 5.02 Å². The lowest BCUT2D eigenvalue weighted by Gasteiger charge is -2.38. The van der Waals surface area contributed by atoms with Crippen LogP contribution in [0.15, 0.2) is 23.1 Å². The van der Waals surface area contributed by atoms with E-state index in [1.54, 1.807) is 7.11 Å². The van der Waals surface area contributed by atoms with Crippen LogP contribution in [0.5, 0.6) is 0 Å². The van der Waals surface area contributed by atoms with Gasteiger partial charge in [0.2, 0.25) is 10.0 Å². The Morgan fingerprint density at radius 2 is 2.12 bits per heavy atom. The van der Waals surface area contributed by atoms with Crippen molar-refractivity contribution in [2.75, 3.05) is 39.9 Å². The molecule has 5 nitrogen and oxygen atoms in total. The summed E-state index contributed by atoms with van der Waals surface area (Å²) in [5.74, 6) is -0.459. The van der Waals surface area contributed by atoms with Gasteiger partial charge in [-0.1, -0.05) is 11.6 Å². The molecule has 1 N–H and O–H groups in total. The van der Waals surface area contributed by atoms with Crippen LogP contribution in [0.3, 0.4) is 0 Å². The molecule has 0 amide bonds. The van der Waals surface area contributed by atoms with Gasteiger partial charge in [0.05, 0.1) is 16.5 Å². The number of nitrogens with one attached hydrogen (secondary N) is 1. The SMILES string of the molecule is COCC1CN(S(=O)(=O)c2ccc(F)c(Cl)c2)CC12CCNCC2. The fourth-order valence-electron chi connectivity index (χ4n) is 3.88. The van der Waals surface area contributed by atoms with Gasteiger partial charge in [0, 0.05) is 26.1 Å². The highest BCUT2D eigenvalue weighted by atomic mass is 35.5. The van der Waals surface area contributed by atoms with Gasteiger partial charge in [-0.2, -0.15) is 4.31 Å². The van der Waals surface area contributed by atoms with Crippen molar-refractivity contribution >= 4 is 21.6 Å². The first-order chi connectivity index (χ1) is 11.4. The van der Waals surface area contributed by atoms with Gasteiger partial charge in [0.25, 0.3) is 0 Å². The van der Waals surface area contributed by atoms with E-state index in [0.717, 1.165) is 32.0 Å². The maximum absolute atomic E-state index is 13.3. The highest BCUT2D eigenvalue weighted by Gasteiger charge is 2.50. The molecule has 134 valence electrons. The number of sulfonamides is 1. The molecule has 2 heterocycles. The summed E-state index contributed by atoms with van der Waals surface area (Å²) < 4.78 is 46.1. The average molecular weight is 377 g/mol. The second-order valence-corrected chi connectivity index (χ2v) is 8.98. The molecule has 8 heteroatoms. The second kappa shape index (κ2) is 6.88. The number of piperidine rings is 1. The molecular weight excluding hydrogens is 355 g/mol. The van der Waals surface area contributed by atoms with Crippen molar-refractivity contribution in [3.63, 3.8) is 0 Å². The summed E-state index contributed by atoms with van der Waals surface area (Å²) in [6, 6.07) is 3.55. The summed E-state index contributed by atoms with van der Waals surface area (Å²) in [7, 11) is -2.05. The third-order valence-corrected chi connectivity index (χ3v) is 7.37. The maximum Gasteiger partial charge on any atom is 0.243 e. The van der Waals surface area contributed by atoms with E-state index in [4.69, 9.17) is 16.3 Å². The van der Waals surface area contributed by atoms with Crippen molar-refractivity contribution in [3.8, 4) is 0 Å². The van der Waals surface area contributed by atoms with Gasteiger partial charge in [0.15, 0.2) is 0 Å². The Kier molecular flexibility index (Phi) is 5.18. The van der Waals surface area contributed by atoms with Gasteiger partial charge in [-0.25, -0.2) is 12.8 Å². The number of rotatable bonds is 4. The largest absolute Gasteiger partial charge is 0.384 e. The van der Waals surface area contributed by atoms with Gasteiger partial charge < -0.3 is 10.1 Å². The minimum absolute atomic E-state index is 0.0380. The van der Waals surface area contributed by atoms with Gasteiger partial charge in [-0.15, -0.1) is 0 Å². The van der Waals surface area contributed by atoms with E-state index in [2.05, 4.69) is 5.32 Å². The van der Waals surface area contributed by atoms with Crippen LogP contribution in [0, 0.1) is 17.2 Å². The summed E-state index contributed by atoms with van der Waals surface area (Å²) in [4.78, 5) is 0.0380. The van der Waals surface area contributed by atoms with E-state index in [9.17, 15) is 12.8 Å². The van der Waals surface area contributed by atoms with E-state index in [1.165, 1.54) is 16.4 Å². The molecule has 0 radical (unpaired) electrons. The molecule has 1 spiro atoms. The second-order valence-electron chi connectivity index (χ2n) is 6.64. The molecule has 2 aliphatic heterocycles. The average Bonchev–Trinajstić information content (AvgIpc) is 2.90. The highest BCUT2D eigenvalue weighted by Crippen LogP contribution is 2.45. The number of ether oxygens (including phenoxy) is 1. The monoisotopic (exact) mass is 376 g/mol. The fraction of sp³-hybridized carbons (Fsp3) is 0.625. The molecule has 0 saturated carbocycles. The molecule has 2 aliphatic rings. The lowest BCUT2D eigenvalue weighted by atomic mass is 9.71. The van der Waals surface area contributed by atoms with Crippen molar-refractivity contribution < 1.29 is 17.5 Å². The predicted molar refractivity (Wildman–Crippen MR) is 90.1 cm³/mol. The van der Waals surface area contributed by atoms with Gasteiger partial charge in [-0.3, -0.25) is 0 Å². The van der Waals surface area contributed by atoms with Crippen molar-refractivity contribution in [2.45, 2.75) is 17.7 Å². The normalized spacial score (nSPS) is 24.5. The molecule has 2 fully saturated rings. The highest BCUT2D eigenvalue weighted by molar-refractivity contribution is 7.89. The quantitative estimate of drug-likeness (QED) is 0.874. The first-order valence-electron chi connectivity index (χ1n) is 8.04. The van der Waals surface area contributed by atoms with Crippen LogP contribution in [0.1, 0.15) is 12.8 Å². The van der Waals surface area contributed by atoms with Crippen LogP contribution >= 0.6 is 11.6 Å². The van der Waals surface area contributed by atoms with Crippen molar-refractivity contribution in [2.24, 2.45) is 11.3 Å². The van der Waals surface area contributed by atoms with Gasteiger partial charge in [-0.05, 0) is 49.5 Å². The summed E-state index contributed by atoms with van der Waals surface area (Å²) in [5, 5.41) is 3.15. The van der Waals surface area contributed by atoms with E-state index in [0.29, 0.717) is 19.7 Å². The lowest BCUT2D eigenvalue weighted by Crippen LogP contribution is -2.43. The van der Waals surface area contributed by atoms with Crippen LogP contribution < -0.4 is 5.32 Å². The molecule has 24 heavy (non-hydrogen) atoms. The van der Waals surface area contributed by atoms with Crippen molar-refractivity contribution in [3.05, 3.63) is 29.0 Å². The standard InChI is InChI=1S/C16H22ClFN2O3S/c1-23-10-12-9-20(11-16(12)4-6-19-7-5-16)24(21,22)13-2-3-15(18)14(17)8-13/h2-3,8,12,19H,4-7,9-11H2,1H3. The molecule has 0 aliphatic carbocycles. The summed E-state index contributed by atoms with van der Waals surface area (Å²) in [6.07, 6.45) is 1.86. The third kappa shape index (κ3) is 3.20. The van der Waals surface area contributed by atoms with Crippen LogP contribution in [0.4, 0.5) is 4.39 Å². The first kappa shape index (κ1) is 18.1. The Balaban J connectivity index is 1.89. The zero-order valence-electron chi connectivity index (χ0n) is 13.6. The first-order valence-corrected chi connectivity index (χ1v) is 9.86. The maximum atomic E-state index is 13.3. The number of nitrogens with zero attached hydrogens (tertiary/aromatic N) is 1. The number of hydrogen-bond donors (Lipinski definition) is 1. The van der Waals surface area contributed by atoms with E-state index in [-0.39, 0.29) is 21.3 Å². The number of hydrogen-bond acceptors (Lipinski definition) is 4. The third-order valence-electron chi connectivity index (χ3n) is 5.28. The smallest absolute Gasteiger partial charge is 0.243 e. The Bertz CT molecular complexity index is 707. The van der Waals surface area contributed by atoms with Gasteiger partial charge in [0.1, 0.15) is 5.82 Å². The summed E-state index contributed by atoms with van der Waals surface area (Å²) in [5.41, 5.74) is -0.0574. The van der Waals surface area contributed by atoms with Crippen molar-refractivity contribution in [1.82, 2.24) is 9.62 Å². The Morgan fingerprint density at radius 1 is 1.42 bits per heavy atom.